The van der Waals surface area contributed by atoms with Gasteiger partial charge in [0.05, 0.1) is 4.90 Å². The van der Waals surface area contributed by atoms with Crippen LogP contribution in [0.2, 0.25) is 0 Å². The van der Waals surface area contributed by atoms with Crippen molar-refractivity contribution in [3.05, 3.63) is 23.8 Å². The van der Waals surface area contributed by atoms with E-state index in [1.54, 1.807) is 6.07 Å². The Labute approximate surface area is 126 Å². The summed E-state index contributed by atoms with van der Waals surface area (Å²) in [6.07, 6.45) is 6.54. The summed E-state index contributed by atoms with van der Waals surface area (Å²) in [5, 5.41) is 3.30. The SMILES string of the molecule is O=S(=O)(NC1CC2CCC1C2)c1cccc2c1CCCN2. The first-order valence-corrected chi connectivity index (χ1v) is 9.50. The van der Waals surface area contributed by atoms with E-state index in [1.807, 2.05) is 12.1 Å². The van der Waals surface area contributed by atoms with Crippen molar-refractivity contribution in [2.45, 2.75) is 49.5 Å². The summed E-state index contributed by atoms with van der Waals surface area (Å²) in [5.41, 5.74) is 1.94. The molecule has 0 amide bonds. The summed E-state index contributed by atoms with van der Waals surface area (Å²) in [6, 6.07) is 5.72. The van der Waals surface area contributed by atoms with E-state index in [1.165, 1.54) is 19.3 Å². The minimum Gasteiger partial charge on any atom is -0.385 e. The van der Waals surface area contributed by atoms with Gasteiger partial charge in [0.25, 0.3) is 0 Å². The van der Waals surface area contributed by atoms with Crippen LogP contribution in [0.3, 0.4) is 0 Å². The molecule has 0 saturated heterocycles. The molecule has 0 radical (unpaired) electrons. The fourth-order valence-electron chi connectivity index (χ4n) is 4.38. The number of hydrogen-bond donors (Lipinski definition) is 2. The van der Waals surface area contributed by atoms with Crippen LogP contribution in [-0.4, -0.2) is 21.0 Å². The maximum absolute atomic E-state index is 12.8. The van der Waals surface area contributed by atoms with Crippen molar-refractivity contribution in [3.8, 4) is 0 Å². The molecule has 1 aliphatic heterocycles. The highest BCUT2D eigenvalue weighted by Gasteiger charge is 2.41. The lowest BCUT2D eigenvalue weighted by atomic mass is 9.96. The topological polar surface area (TPSA) is 58.2 Å². The van der Waals surface area contributed by atoms with Gasteiger partial charge < -0.3 is 5.32 Å². The number of fused-ring (bicyclic) bond motifs is 3. The van der Waals surface area contributed by atoms with E-state index in [0.717, 1.165) is 43.0 Å². The second-order valence-electron chi connectivity index (χ2n) is 6.72. The van der Waals surface area contributed by atoms with Gasteiger partial charge in [-0.2, -0.15) is 0 Å². The highest BCUT2D eigenvalue weighted by molar-refractivity contribution is 7.89. The summed E-state index contributed by atoms with van der Waals surface area (Å²) in [6.45, 7) is 0.927. The minimum absolute atomic E-state index is 0.154. The quantitative estimate of drug-likeness (QED) is 0.902. The van der Waals surface area contributed by atoms with E-state index in [4.69, 9.17) is 0 Å². The average molecular weight is 306 g/mol. The monoisotopic (exact) mass is 306 g/mol. The maximum Gasteiger partial charge on any atom is 0.241 e. The van der Waals surface area contributed by atoms with Crippen LogP contribution in [0, 0.1) is 11.8 Å². The van der Waals surface area contributed by atoms with Crippen LogP contribution in [0.15, 0.2) is 23.1 Å². The predicted octanol–water partition coefficient (Wildman–Crippen LogP) is 2.51. The summed E-state index contributed by atoms with van der Waals surface area (Å²) in [7, 11) is -3.40. The highest BCUT2D eigenvalue weighted by Crippen LogP contribution is 2.45. The summed E-state index contributed by atoms with van der Waals surface area (Å²) in [4.78, 5) is 0.481. The molecule has 21 heavy (non-hydrogen) atoms. The fourth-order valence-corrected chi connectivity index (χ4v) is 5.99. The van der Waals surface area contributed by atoms with Crippen LogP contribution in [0.1, 0.15) is 37.7 Å². The van der Waals surface area contributed by atoms with Gasteiger partial charge in [-0.25, -0.2) is 13.1 Å². The number of hydrogen-bond acceptors (Lipinski definition) is 3. The largest absolute Gasteiger partial charge is 0.385 e. The van der Waals surface area contributed by atoms with Gasteiger partial charge in [-0.15, -0.1) is 0 Å². The number of rotatable bonds is 3. The Morgan fingerprint density at radius 2 is 2.10 bits per heavy atom. The van der Waals surface area contributed by atoms with E-state index < -0.39 is 10.0 Å². The van der Waals surface area contributed by atoms with Gasteiger partial charge in [0.15, 0.2) is 0 Å². The van der Waals surface area contributed by atoms with Crippen molar-refractivity contribution in [1.82, 2.24) is 4.72 Å². The first kappa shape index (κ1) is 13.6. The lowest BCUT2D eigenvalue weighted by Gasteiger charge is -2.25. The molecule has 1 aromatic carbocycles. The molecule has 4 rings (SSSR count). The van der Waals surface area contributed by atoms with Crippen molar-refractivity contribution in [2.24, 2.45) is 11.8 Å². The summed E-state index contributed by atoms with van der Waals surface area (Å²) in [5.74, 6) is 1.30. The van der Waals surface area contributed by atoms with E-state index in [9.17, 15) is 8.42 Å². The van der Waals surface area contributed by atoms with Crippen LogP contribution in [-0.2, 0) is 16.4 Å². The first-order valence-electron chi connectivity index (χ1n) is 8.01. The standard InChI is InChI=1S/C16H22N2O2S/c19-21(20,18-15-10-11-6-7-12(15)9-11)16-5-1-4-14-13(16)3-2-8-17-14/h1,4-5,11-12,15,17-18H,2-3,6-10H2. The van der Waals surface area contributed by atoms with Gasteiger partial charge in [-0.1, -0.05) is 12.5 Å². The molecule has 0 aromatic heterocycles. The van der Waals surface area contributed by atoms with E-state index in [-0.39, 0.29) is 6.04 Å². The Morgan fingerprint density at radius 1 is 1.19 bits per heavy atom. The van der Waals surface area contributed by atoms with Crippen molar-refractivity contribution in [3.63, 3.8) is 0 Å². The molecule has 5 heteroatoms. The number of anilines is 1. The molecular weight excluding hydrogens is 284 g/mol. The van der Waals surface area contributed by atoms with Gasteiger partial charge in [0.2, 0.25) is 10.0 Å². The van der Waals surface area contributed by atoms with E-state index in [2.05, 4.69) is 10.0 Å². The molecule has 1 heterocycles. The number of nitrogens with one attached hydrogen (secondary N) is 2. The molecule has 2 saturated carbocycles. The Morgan fingerprint density at radius 3 is 2.86 bits per heavy atom. The van der Waals surface area contributed by atoms with Gasteiger partial charge in [0.1, 0.15) is 0 Å². The molecule has 2 aliphatic carbocycles. The Hall–Kier alpha value is -1.07. The molecule has 3 atom stereocenters. The average Bonchev–Trinajstić information content (AvgIpc) is 3.08. The third-order valence-corrected chi connectivity index (χ3v) is 6.96. The molecule has 3 aliphatic rings. The van der Waals surface area contributed by atoms with Crippen LogP contribution in [0.5, 0.6) is 0 Å². The zero-order valence-electron chi connectivity index (χ0n) is 12.1. The Balaban J connectivity index is 1.63. The summed E-state index contributed by atoms with van der Waals surface area (Å²) >= 11 is 0. The molecule has 2 fully saturated rings. The first-order chi connectivity index (χ1) is 10.1. The van der Waals surface area contributed by atoms with Crippen LogP contribution in [0.4, 0.5) is 5.69 Å². The normalized spacial score (nSPS) is 31.0. The third kappa shape index (κ3) is 2.36. The summed E-state index contributed by atoms with van der Waals surface area (Å²) < 4.78 is 28.6. The smallest absolute Gasteiger partial charge is 0.241 e. The lowest BCUT2D eigenvalue weighted by Crippen LogP contribution is -2.39. The predicted molar refractivity (Wildman–Crippen MR) is 82.8 cm³/mol. The molecule has 2 bridgehead atoms. The fraction of sp³-hybridized carbons (Fsp3) is 0.625. The molecule has 4 nitrogen and oxygen atoms in total. The van der Waals surface area contributed by atoms with Gasteiger partial charge >= 0.3 is 0 Å². The van der Waals surface area contributed by atoms with Crippen molar-refractivity contribution < 1.29 is 8.42 Å². The van der Waals surface area contributed by atoms with Crippen molar-refractivity contribution in [1.29, 1.82) is 0 Å². The van der Waals surface area contributed by atoms with Gasteiger partial charge in [0, 0.05) is 18.3 Å². The van der Waals surface area contributed by atoms with Crippen molar-refractivity contribution in [2.75, 3.05) is 11.9 Å². The van der Waals surface area contributed by atoms with E-state index >= 15 is 0 Å². The van der Waals surface area contributed by atoms with Gasteiger partial charge in [-0.05, 0) is 61.6 Å². The lowest BCUT2D eigenvalue weighted by molar-refractivity contribution is 0.390. The van der Waals surface area contributed by atoms with Crippen molar-refractivity contribution >= 4 is 15.7 Å². The minimum atomic E-state index is -3.40. The molecule has 0 spiro atoms. The van der Waals surface area contributed by atoms with E-state index in [0.29, 0.717) is 10.8 Å². The molecule has 2 N–H and O–H groups in total. The molecule has 3 unspecified atom stereocenters. The Kier molecular flexibility index (Phi) is 3.23. The van der Waals surface area contributed by atoms with Crippen LogP contribution >= 0.6 is 0 Å². The molecule has 1 aromatic rings. The highest BCUT2D eigenvalue weighted by atomic mass is 32.2. The number of sulfonamides is 1. The second-order valence-corrected chi connectivity index (χ2v) is 8.40. The zero-order chi connectivity index (χ0) is 14.4. The second kappa shape index (κ2) is 4.99. The molecule has 114 valence electrons. The van der Waals surface area contributed by atoms with Crippen LogP contribution in [0.25, 0.3) is 0 Å². The maximum atomic E-state index is 12.8. The van der Waals surface area contributed by atoms with Crippen LogP contribution < -0.4 is 10.0 Å². The van der Waals surface area contributed by atoms with Gasteiger partial charge in [-0.3, -0.25) is 0 Å². The third-order valence-electron chi connectivity index (χ3n) is 5.39. The number of benzene rings is 1. The Bertz CT molecular complexity index is 656. The molecular formula is C16H22N2O2S. The zero-order valence-corrected chi connectivity index (χ0v) is 13.0.